The SMILES string of the molecule is NC(CO)(CCc1ccc(OCCCOc2ccccc2)cc1)COP(=O)(O)O. The van der Waals surface area contributed by atoms with Crippen LogP contribution in [0.4, 0.5) is 0 Å². The van der Waals surface area contributed by atoms with Crippen LogP contribution in [0.25, 0.3) is 0 Å². The fourth-order valence-electron chi connectivity index (χ4n) is 2.51. The molecular weight excluding hydrogens is 397 g/mol. The Balaban J connectivity index is 1.70. The Morgan fingerprint density at radius 1 is 0.931 bits per heavy atom. The lowest BCUT2D eigenvalue weighted by atomic mass is 9.94. The van der Waals surface area contributed by atoms with Gasteiger partial charge in [0, 0.05) is 6.42 Å². The zero-order valence-corrected chi connectivity index (χ0v) is 17.0. The van der Waals surface area contributed by atoms with Crippen molar-refractivity contribution in [2.24, 2.45) is 5.73 Å². The van der Waals surface area contributed by atoms with Crippen LogP contribution < -0.4 is 15.2 Å². The Hall–Kier alpha value is -1.93. The number of hydrogen-bond acceptors (Lipinski definition) is 6. The molecule has 2 rings (SSSR count). The number of nitrogens with two attached hydrogens (primary N) is 1. The molecule has 9 heteroatoms. The second kappa shape index (κ2) is 11.3. The zero-order chi connectivity index (χ0) is 21.2. The molecule has 1 atom stereocenters. The molecule has 0 saturated carbocycles. The maximum Gasteiger partial charge on any atom is 0.469 e. The number of rotatable bonds is 13. The largest absolute Gasteiger partial charge is 0.493 e. The van der Waals surface area contributed by atoms with Crippen LogP contribution in [-0.4, -0.2) is 46.9 Å². The molecular formula is C20H28NO7P. The molecule has 2 aromatic rings. The smallest absolute Gasteiger partial charge is 0.469 e. The fourth-order valence-corrected chi connectivity index (χ4v) is 2.94. The van der Waals surface area contributed by atoms with Gasteiger partial charge in [0.15, 0.2) is 0 Å². The Kier molecular flexibility index (Phi) is 9.10. The molecule has 0 aliphatic carbocycles. The molecule has 0 heterocycles. The van der Waals surface area contributed by atoms with Crippen LogP contribution in [0.15, 0.2) is 54.6 Å². The van der Waals surface area contributed by atoms with Gasteiger partial charge in [0.2, 0.25) is 0 Å². The molecule has 0 saturated heterocycles. The number of phosphoric acid groups is 1. The molecule has 8 nitrogen and oxygen atoms in total. The van der Waals surface area contributed by atoms with Crippen molar-refractivity contribution in [2.45, 2.75) is 24.8 Å². The van der Waals surface area contributed by atoms with Gasteiger partial charge in [-0.1, -0.05) is 30.3 Å². The Morgan fingerprint density at radius 2 is 1.52 bits per heavy atom. The van der Waals surface area contributed by atoms with Gasteiger partial charge in [-0.05, 0) is 42.7 Å². The third kappa shape index (κ3) is 9.41. The van der Waals surface area contributed by atoms with Gasteiger partial charge in [-0.3, -0.25) is 4.52 Å². The van der Waals surface area contributed by atoms with E-state index < -0.39 is 26.6 Å². The molecule has 0 fully saturated rings. The summed E-state index contributed by atoms with van der Waals surface area (Å²) in [5, 5.41) is 9.43. The lowest BCUT2D eigenvalue weighted by Crippen LogP contribution is -2.48. The predicted molar refractivity (Wildman–Crippen MR) is 109 cm³/mol. The Labute approximate surface area is 170 Å². The number of hydrogen-bond donors (Lipinski definition) is 4. The minimum atomic E-state index is -4.63. The number of para-hydroxylation sites is 1. The molecule has 0 bridgehead atoms. The maximum atomic E-state index is 10.8. The van der Waals surface area contributed by atoms with E-state index in [9.17, 15) is 9.67 Å². The molecule has 5 N–H and O–H groups in total. The van der Waals surface area contributed by atoms with Crippen molar-refractivity contribution in [1.82, 2.24) is 0 Å². The van der Waals surface area contributed by atoms with E-state index in [1.165, 1.54) is 0 Å². The summed E-state index contributed by atoms with van der Waals surface area (Å²) in [7, 11) is -4.63. The minimum absolute atomic E-state index is 0.306. The van der Waals surface area contributed by atoms with Crippen molar-refractivity contribution in [2.75, 3.05) is 26.4 Å². The normalized spacial score (nSPS) is 13.7. The standard InChI is InChI=1S/C20H28NO7P/c21-20(15-22,16-28-29(23,24)25)12-11-17-7-9-19(10-8-17)27-14-4-13-26-18-5-2-1-3-6-18/h1-3,5-10,22H,4,11-16,21H2,(H2,23,24,25). The average molecular weight is 425 g/mol. The quantitative estimate of drug-likeness (QED) is 0.284. The summed E-state index contributed by atoms with van der Waals surface area (Å²) in [6.45, 7) is 0.222. The van der Waals surface area contributed by atoms with Crippen LogP contribution in [-0.2, 0) is 15.5 Å². The highest BCUT2D eigenvalue weighted by atomic mass is 31.2. The van der Waals surface area contributed by atoms with Gasteiger partial charge in [-0.15, -0.1) is 0 Å². The van der Waals surface area contributed by atoms with Gasteiger partial charge in [0.05, 0.1) is 32.0 Å². The van der Waals surface area contributed by atoms with Crippen molar-refractivity contribution in [3.8, 4) is 11.5 Å². The van der Waals surface area contributed by atoms with E-state index in [0.717, 1.165) is 23.5 Å². The summed E-state index contributed by atoms with van der Waals surface area (Å²) in [4.78, 5) is 17.6. The molecule has 0 aliphatic heterocycles. The first kappa shape index (κ1) is 23.3. The van der Waals surface area contributed by atoms with E-state index >= 15 is 0 Å². The molecule has 0 spiro atoms. The highest BCUT2D eigenvalue weighted by Gasteiger charge is 2.28. The second-order valence-corrected chi connectivity index (χ2v) is 8.03. The topological polar surface area (TPSA) is 131 Å². The average Bonchev–Trinajstić information content (AvgIpc) is 2.72. The Bertz CT molecular complexity index is 766. The van der Waals surface area contributed by atoms with E-state index in [1.807, 2.05) is 54.6 Å². The summed E-state index contributed by atoms with van der Waals surface area (Å²) in [5.74, 6) is 1.57. The van der Waals surface area contributed by atoms with E-state index in [-0.39, 0.29) is 0 Å². The van der Waals surface area contributed by atoms with Crippen LogP contribution in [0.2, 0.25) is 0 Å². The van der Waals surface area contributed by atoms with Gasteiger partial charge >= 0.3 is 7.82 Å². The van der Waals surface area contributed by atoms with Crippen molar-refractivity contribution >= 4 is 7.82 Å². The van der Waals surface area contributed by atoms with Crippen molar-refractivity contribution < 1.29 is 33.5 Å². The molecule has 1 unspecified atom stereocenters. The highest BCUT2D eigenvalue weighted by Crippen LogP contribution is 2.36. The van der Waals surface area contributed by atoms with Crippen LogP contribution in [0, 0.1) is 0 Å². The zero-order valence-electron chi connectivity index (χ0n) is 16.1. The Morgan fingerprint density at radius 3 is 2.07 bits per heavy atom. The third-order valence-electron chi connectivity index (χ3n) is 4.24. The first-order valence-corrected chi connectivity index (χ1v) is 10.8. The molecule has 0 radical (unpaired) electrons. The van der Waals surface area contributed by atoms with E-state index in [0.29, 0.717) is 26.1 Å². The minimum Gasteiger partial charge on any atom is -0.493 e. The number of phosphoric ester groups is 1. The molecule has 29 heavy (non-hydrogen) atoms. The van der Waals surface area contributed by atoms with E-state index in [1.54, 1.807) is 0 Å². The first-order chi connectivity index (χ1) is 13.8. The summed E-state index contributed by atoms with van der Waals surface area (Å²) < 4.78 is 26.6. The summed E-state index contributed by atoms with van der Waals surface area (Å²) in [5.41, 5.74) is 5.70. The second-order valence-electron chi connectivity index (χ2n) is 6.79. The maximum absolute atomic E-state index is 10.8. The number of ether oxygens (including phenoxy) is 2. The molecule has 0 aliphatic rings. The van der Waals surface area contributed by atoms with Crippen LogP contribution >= 0.6 is 7.82 Å². The summed E-state index contributed by atoms with van der Waals surface area (Å²) in [6, 6.07) is 17.1. The monoisotopic (exact) mass is 425 g/mol. The van der Waals surface area contributed by atoms with Gasteiger partial charge < -0.3 is 30.1 Å². The fraction of sp³-hybridized carbons (Fsp3) is 0.400. The van der Waals surface area contributed by atoms with Crippen molar-refractivity contribution in [3.63, 3.8) is 0 Å². The van der Waals surface area contributed by atoms with Crippen molar-refractivity contribution in [3.05, 3.63) is 60.2 Å². The van der Waals surface area contributed by atoms with Crippen LogP contribution in [0.3, 0.4) is 0 Å². The molecule has 160 valence electrons. The van der Waals surface area contributed by atoms with Gasteiger partial charge in [-0.25, -0.2) is 4.57 Å². The summed E-state index contributed by atoms with van der Waals surface area (Å²) in [6.07, 6.45) is 1.58. The van der Waals surface area contributed by atoms with Crippen LogP contribution in [0.5, 0.6) is 11.5 Å². The first-order valence-electron chi connectivity index (χ1n) is 9.29. The van der Waals surface area contributed by atoms with Gasteiger partial charge in [0.1, 0.15) is 11.5 Å². The lowest BCUT2D eigenvalue weighted by Gasteiger charge is -2.27. The lowest BCUT2D eigenvalue weighted by molar-refractivity contribution is 0.102. The number of aliphatic hydroxyl groups is 1. The molecule has 0 amide bonds. The van der Waals surface area contributed by atoms with Crippen LogP contribution in [0.1, 0.15) is 18.4 Å². The number of aryl methyl sites for hydroxylation is 1. The van der Waals surface area contributed by atoms with Gasteiger partial charge in [0.25, 0.3) is 0 Å². The number of aliphatic hydroxyl groups excluding tert-OH is 1. The van der Waals surface area contributed by atoms with Gasteiger partial charge in [-0.2, -0.15) is 0 Å². The number of benzene rings is 2. The van der Waals surface area contributed by atoms with E-state index in [2.05, 4.69) is 4.52 Å². The predicted octanol–water partition coefficient (Wildman–Crippen LogP) is 2.27. The van der Waals surface area contributed by atoms with E-state index in [4.69, 9.17) is 25.0 Å². The third-order valence-corrected chi connectivity index (χ3v) is 4.70. The molecule has 0 aromatic heterocycles. The molecule has 2 aromatic carbocycles. The highest BCUT2D eigenvalue weighted by molar-refractivity contribution is 7.46. The van der Waals surface area contributed by atoms with Crippen molar-refractivity contribution in [1.29, 1.82) is 0 Å². The summed E-state index contributed by atoms with van der Waals surface area (Å²) >= 11 is 0.